The van der Waals surface area contributed by atoms with Crippen molar-refractivity contribution < 1.29 is 9.13 Å². The van der Waals surface area contributed by atoms with Crippen LogP contribution in [0.1, 0.15) is 0 Å². The molecule has 38 heavy (non-hydrogen) atoms. The van der Waals surface area contributed by atoms with Crippen molar-refractivity contribution in [2.45, 2.75) is 6.04 Å². The average molecular weight is 509 g/mol. The molecule has 0 aliphatic carbocycles. The number of aromatic amines is 2. The number of hydrogen-bond donors (Lipinski definition) is 3. The number of hydrogen-bond acceptors (Lipinski definition) is 9. The molecule has 1 aliphatic rings. The molecule has 6 aromatic rings. The quantitative estimate of drug-likeness (QED) is 0.319. The standard InChI is InChI=1S/C26H21FN10O/c1-38-16-7-13(6-14(27)8-16)17-4-5-30-25-22(17)33-26(34-25)24-23-19(35-36-24)3-2-18(32-23)20-9-29-10-21(31-20)37-11-15(28)12-37/h2-10,15H,11-12,28H2,1H3,(H,35,36)(H,30,33,34). The molecular formula is C26H21FN10O. The van der Waals surface area contributed by atoms with Crippen LogP contribution in [0.2, 0.25) is 0 Å². The van der Waals surface area contributed by atoms with Crippen molar-refractivity contribution in [1.29, 1.82) is 0 Å². The maximum atomic E-state index is 14.2. The van der Waals surface area contributed by atoms with Crippen LogP contribution >= 0.6 is 0 Å². The number of benzene rings is 1. The third-order valence-corrected chi connectivity index (χ3v) is 6.55. The number of pyridine rings is 2. The second-order valence-electron chi connectivity index (χ2n) is 9.11. The second-order valence-corrected chi connectivity index (χ2v) is 9.11. The Hall–Kier alpha value is -4.97. The summed E-state index contributed by atoms with van der Waals surface area (Å²) >= 11 is 0. The lowest BCUT2D eigenvalue weighted by atomic mass is 10.1. The van der Waals surface area contributed by atoms with Gasteiger partial charge in [0.15, 0.2) is 17.2 Å². The van der Waals surface area contributed by atoms with Crippen molar-refractivity contribution >= 4 is 28.0 Å². The number of methoxy groups -OCH3 is 1. The number of halogens is 1. The number of rotatable bonds is 5. The van der Waals surface area contributed by atoms with Gasteiger partial charge in [-0.1, -0.05) is 0 Å². The molecule has 0 saturated carbocycles. The largest absolute Gasteiger partial charge is 0.497 e. The number of ether oxygens (including phenoxy) is 1. The summed E-state index contributed by atoms with van der Waals surface area (Å²) < 4.78 is 19.5. The smallest absolute Gasteiger partial charge is 0.162 e. The highest BCUT2D eigenvalue weighted by Gasteiger charge is 2.25. The van der Waals surface area contributed by atoms with E-state index in [4.69, 9.17) is 25.4 Å². The molecule has 6 heterocycles. The van der Waals surface area contributed by atoms with Gasteiger partial charge >= 0.3 is 0 Å². The first-order valence-electron chi connectivity index (χ1n) is 11.9. The van der Waals surface area contributed by atoms with Gasteiger partial charge in [-0.25, -0.2) is 24.3 Å². The van der Waals surface area contributed by atoms with E-state index in [0.717, 1.165) is 24.4 Å². The van der Waals surface area contributed by atoms with Crippen LogP contribution in [0.25, 0.3) is 56.2 Å². The fourth-order valence-electron chi connectivity index (χ4n) is 4.63. The van der Waals surface area contributed by atoms with Gasteiger partial charge in [0.2, 0.25) is 0 Å². The van der Waals surface area contributed by atoms with Crippen LogP contribution in [0.15, 0.2) is 55.0 Å². The number of aromatic nitrogens is 8. The molecule has 4 N–H and O–H groups in total. The Morgan fingerprint density at radius 2 is 1.92 bits per heavy atom. The molecular weight excluding hydrogens is 487 g/mol. The minimum absolute atomic E-state index is 0.158. The van der Waals surface area contributed by atoms with E-state index in [2.05, 4.69) is 30.0 Å². The predicted molar refractivity (Wildman–Crippen MR) is 140 cm³/mol. The van der Waals surface area contributed by atoms with Crippen molar-refractivity contribution in [3.63, 3.8) is 0 Å². The third-order valence-electron chi connectivity index (χ3n) is 6.55. The van der Waals surface area contributed by atoms with Crippen LogP contribution in [0.4, 0.5) is 10.2 Å². The Kier molecular flexibility index (Phi) is 5.01. The SMILES string of the molecule is COc1cc(F)cc(-c2ccnc3[nH]c(-c4n[nH]c5ccc(-c6cncc(N7CC(N)C7)n6)nc45)nc23)c1. The number of fused-ring (bicyclic) bond motifs is 2. The average Bonchev–Trinajstić information content (AvgIpc) is 3.54. The molecule has 1 fully saturated rings. The molecule has 5 aromatic heterocycles. The van der Waals surface area contributed by atoms with Crippen LogP contribution in [-0.4, -0.2) is 66.3 Å². The van der Waals surface area contributed by atoms with E-state index in [-0.39, 0.29) is 6.04 Å². The van der Waals surface area contributed by atoms with Gasteiger partial charge in [0.1, 0.15) is 34.1 Å². The summed E-state index contributed by atoms with van der Waals surface area (Å²) in [5, 5.41) is 7.48. The Morgan fingerprint density at radius 3 is 2.76 bits per heavy atom. The fraction of sp³-hybridized carbons (Fsp3) is 0.154. The molecule has 11 nitrogen and oxygen atoms in total. The molecule has 1 aromatic carbocycles. The van der Waals surface area contributed by atoms with E-state index in [1.807, 2.05) is 12.1 Å². The summed E-state index contributed by atoms with van der Waals surface area (Å²) in [4.78, 5) is 28.4. The highest BCUT2D eigenvalue weighted by molar-refractivity contribution is 5.95. The van der Waals surface area contributed by atoms with Gasteiger partial charge in [-0.05, 0) is 35.9 Å². The zero-order chi connectivity index (χ0) is 25.8. The molecule has 0 unspecified atom stereocenters. The van der Waals surface area contributed by atoms with Gasteiger partial charge in [-0.15, -0.1) is 0 Å². The maximum absolute atomic E-state index is 14.2. The molecule has 0 radical (unpaired) electrons. The summed E-state index contributed by atoms with van der Waals surface area (Å²) in [6, 6.07) is 10.2. The Balaban J connectivity index is 1.30. The highest BCUT2D eigenvalue weighted by Crippen LogP contribution is 2.33. The Morgan fingerprint density at radius 1 is 1.03 bits per heavy atom. The fourth-order valence-corrected chi connectivity index (χ4v) is 4.63. The molecule has 1 saturated heterocycles. The van der Waals surface area contributed by atoms with Crippen molar-refractivity contribution in [3.05, 3.63) is 60.8 Å². The zero-order valence-corrected chi connectivity index (χ0v) is 20.2. The van der Waals surface area contributed by atoms with E-state index in [0.29, 0.717) is 56.5 Å². The molecule has 0 amide bonds. The second kappa shape index (κ2) is 8.56. The summed E-state index contributed by atoms with van der Waals surface area (Å²) in [5.41, 5.74) is 11.6. The number of nitrogens with zero attached hydrogens (tertiary/aromatic N) is 7. The minimum atomic E-state index is -0.404. The molecule has 12 heteroatoms. The van der Waals surface area contributed by atoms with E-state index in [1.165, 1.54) is 19.2 Å². The minimum Gasteiger partial charge on any atom is -0.497 e. The molecule has 1 aliphatic heterocycles. The lowest BCUT2D eigenvalue weighted by Crippen LogP contribution is -2.56. The molecule has 188 valence electrons. The summed E-state index contributed by atoms with van der Waals surface area (Å²) in [6.07, 6.45) is 5.05. The van der Waals surface area contributed by atoms with Crippen LogP contribution in [-0.2, 0) is 0 Å². The van der Waals surface area contributed by atoms with E-state index < -0.39 is 5.82 Å². The van der Waals surface area contributed by atoms with Gasteiger partial charge in [-0.3, -0.25) is 10.1 Å². The monoisotopic (exact) mass is 508 g/mol. The number of anilines is 1. The topological polar surface area (TPSA) is 147 Å². The van der Waals surface area contributed by atoms with Crippen molar-refractivity contribution in [2.75, 3.05) is 25.1 Å². The van der Waals surface area contributed by atoms with Crippen molar-refractivity contribution in [1.82, 2.24) is 40.1 Å². The van der Waals surface area contributed by atoms with Crippen LogP contribution in [0.5, 0.6) is 5.75 Å². The van der Waals surface area contributed by atoms with Crippen LogP contribution < -0.4 is 15.4 Å². The Bertz CT molecular complexity index is 1820. The molecule has 0 spiro atoms. The Labute approximate surface area is 215 Å². The summed E-state index contributed by atoms with van der Waals surface area (Å²) in [6.45, 7) is 1.50. The summed E-state index contributed by atoms with van der Waals surface area (Å²) in [7, 11) is 1.50. The van der Waals surface area contributed by atoms with Gasteiger partial charge in [0.25, 0.3) is 0 Å². The van der Waals surface area contributed by atoms with Gasteiger partial charge in [0.05, 0.1) is 30.7 Å². The highest BCUT2D eigenvalue weighted by atomic mass is 19.1. The molecule has 7 rings (SSSR count). The zero-order valence-electron chi connectivity index (χ0n) is 20.2. The summed E-state index contributed by atoms with van der Waals surface area (Å²) in [5.74, 6) is 1.26. The first kappa shape index (κ1) is 22.2. The number of nitrogens with two attached hydrogens (primary N) is 1. The normalized spacial score (nSPS) is 13.8. The number of H-pyrrole nitrogens is 2. The van der Waals surface area contributed by atoms with Crippen molar-refractivity contribution in [3.8, 4) is 39.8 Å². The van der Waals surface area contributed by atoms with Crippen LogP contribution in [0.3, 0.4) is 0 Å². The third kappa shape index (κ3) is 3.69. The van der Waals surface area contributed by atoms with E-state index >= 15 is 0 Å². The first-order valence-corrected chi connectivity index (χ1v) is 11.9. The van der Waals surface area contributed by atoms with Gasteiger partial charge in [-0.2, -0.15) is 5.10 Å². The number of imidazole rings is 1. The predicted octanol–water partition coefficient (Wildman–Crippen LogP) is 3.32. The lowest BCUT2D eigenvalue weighted by Gasteiger charge is -2.37. The number of nitrogens with one attached hydrogen (secondary N) is 2. The van der Waals surface area contributed by atoms with Gasteiger partial charge in [0, 0.05) is 37.0 Å². The molecule has 0 atom stereocenters. The maximum Gasteiger partial charge on any atom is 0.162 e. The molecule has 0 bridgehead atoms. The van der Waals surface area contributed by atoms with Crippen LogP contribution in [0, 0.1) is 5.82 Å². The lowest BCUT2D eigenvalue weighted by molar-refractivity contribution is 0.411. The van der Waals surface area contributed by atoms with E-state index in [1.54, 1.807) is 30.7 Å². The first-order chi connectivity index (χ1) is 18.6. The van der Waals surface area contributed by atoms with Crippen molar-refractivity contribution in [2.24, 2.45) is 5.73 Å². The van der Waals surface area contributed by atoms with E-state index in [9.17, 15) is 4.39 Å². The van der Waals surface area contributed by atoms with Gasteiger partial charge < -0.3 is 20.4 Å².